The molecule has 2 rings (SSSR count). The number of rotatable bonds is 1. The van der Waals surface area contributed by atoms with E-state index in [-0.39, 0.29) is 11.6 Å². The van der Waals surface area contributed by atoms with Gasteiger partial charge in [0.25, 0.3) is 0 Å². The van der Waals surface area contributed by atoms with Crippen LogP contribution in [0.15, 0.2) is 27.2 Å². The molecule has 0 fully saturated rings. The van der Waals surface area contributed by atoms with E-state index in [4.69, 9.17) is 10.3 Å². The van der Waals surface area contributed by atoms with Gasteiger partial charge in [0.1, 0.15) is 5.82 Å². The second-order valence-electron chi connectivity index (χ2n) is 3.18. The molecule has 2 N–H and O–H groups in total. The molecule has 15 heavy (non-hydrogen) atoms. The molecule has 0 bridgehead atoms. The van der Waals surface area contributed by atoms with Gasteiger partial charge < -0.3 is 10.3 Å². The Bertz CT molecular complexity index is 510. The van der Waals surface area contributed by atoms with Crippen molar-refractivity contribution in [1.82, 2.24) is 5.16 Å². The maximum atomic E-state index is 13.2. The van der Waals surface area contributed by atoms with Crippen LogP contribution < -0.4 is 5.73 Å². The molecule has 0 saturated carbocycles. The van der Waals surface area contributed by atoms with Gasteiger partial charge in [0.2, 0.25) is 0 Å². The highest BCUT2D eigenvalue weighted by atomic mass is 79.9. The third-order valence-electron chi connectivity index (χ3n) is 2.10. The average Bonchev–Trinajstić information content (AvgIpc) is 2.58. The van der Waals surface area contributed by atoms with Crippen molar-refractivity contribution in [2.75, 3.05) is 5.73 Å². The Morgan fingerprint density at radius 2 is 2.13 bits per heavy atom. The molecule has 0 atom stereocenters. The molecule has 78 valence electrons. The minimum Gasteiger partial charge on any atom is -0.381 e. The molecule has 1 aromatic heterocycles. The molecule has 0 unspecified atom stereocenters. The van der Waals surface area contributed by atoms with E-state index in [2.05, 4.69) is 21.1 Å². The fourth-order valence-electron chi connectivity index (χ4n) is 1.32. The van der Waals surface area contributed by atoms with Crippen molar-refractivity contribution >= 4 is 21.7 Å². The van der Waals surface area contributed by atoms with E-state index in [1.807, 2.05) is 6.92 Å². The summed E-state index contributed by atoms with van der Waals surface area (Å²) >= 11 is 3.27. The molecule has 0 aliphatic heterocycles. The summed E-state index contributed by atoms with van der Waals surface area (Å²) < 4.78 is 18.8. The third kappa shape index (κ3) is 1.87. The van der Waals surface area contributed by atoms with Gasteiger partial charge in [-0.1, -0.05) is 21.1 Å². The average molecular weight is 271 g/mol. The lowest BCUT2D eigenvalue weighted by Crippen LogP contribution is -1.86. The van der Waals surface area contributed by atoms with Crippen molar-refractivity contribution in [3.63, 3.8) is 0 Å². The topological polar surface area (TPSA) is 52.0 Å². The lowest BCUT2D eigenvalue weighted by Gasteiger charge is -2.04. The number of hydrogen-bond acceptors (Lipinski definition) is 3. The second-order valence-corrected chi connectivity index (χ2v) is 4.03. The lowest BCUT2D eigenvalue weighted by molar-refractivity contribution is 0.435. The largest absolute Gasteiger partial charge is 0.381 e. The lowest BCUT2D eigenvalue weighted by atomic mass is 10.1. The first-order valence-corrected chi connectivity index (χ1v) is 5.05. The molecule has 0 spiro atoms. The summed E-state index contributed by atoms with van der Waals surface area (Å²) in [6.45, 7) is 1.86. The Morgan fingerprint density at radius 1 is 1.40 bits per heavy atom. The molecular formula is C10H8BrFN2O. The Hall–Kier alpha value is -1.36. The Morgan fingerprint density at radius 3 is 2.73 bits per heavy atom. The molecule has 0 radical (unpaired) electrons. The standard InChI is InChI=1S/C10H8BrFN2O/c1-5-7(2-6(12)3-8(5)11)9-4-10(13)14-15-9/h2-4H,1H3,(H2,13,14). The quantitative estimate of drug-likeness (QED) is 0.866. The summed E-state index contributed by atoms with van der Waals surface area (Å²) in [4.78, 5) is 0. The number of benzene rings is 1. The Kier molecular flexibility index (Phi) is 2.48. The van der Waals surface area contributed by atoms with E-state index in [0.717, 1.165) is 5.56 Å². The summed E-state index contributed by atoms with van der Waals surface area (Å²) in [6.07, 6.45) is 0. The zero-order chi connectivity index (χ0) is 11.0. The minimum atomic E-state index is -0.336. The van der Waals surface area contributed by atoms with Crippen molar-refractivity contribution in [2.45, 2.75) is 6.92 Å². The van der Waals surface area contributed by atoms with Crippen LogP contribution in [0.4, 0.5) is 10.2 Å². The number of nitrogens with two attached hydrogens (primary N) is 1. The van der Waals surface area contributed by atoms with Crippen LogP contribution in [0, 0.1) is 12.7 Å². The predicted molar refractivity (Wildman–Crippen MR) is 58.7 cm³/mol. The van der Waals surface area contributed by atoms with Crippen molar-refractivity contribution < 1.29 is 8.91 Å². The van der Waals surface area contributed by atoms with Crippen molar-refractivity contribution in [2.24, 2.45) is 0 Å². The molecule has 0 aliphatic carbocycles. The van der Waals surface area contributed by atoms with Crippen LogP contribution in [-0.2, 0) is 0 Å². The van der Waals surface area contributed by atoms with Crippen molar-refractivity contribution in [1.29, 1.82) is 0 Å². The predicted octanol–water partition coefficient (Wildman–Crippen LogP) is 3.13. The molecule has 5 heteroatoms. The molecular weight excluding hydrogens is 263 g/mol. The number of aromatic nitrogens is 1. The van der Waals surface area contributed by atoms with Gasteiger partial charge in [0.05, 0.1) is 0 Å². The maximum absolute atomic E-state index is 13.2. The van der Waals surface area contributed by atoms with Crippen LogP contribution in [0.5, 0.6) is 0 Å². The van der Waals surface area contributed by atoms with E-state index in [1.54, 1.807) is 6.07 Å². The number of nitrogen functional groups attached to an aromatic ring is 1. The minimum absolute atomic E-state index is 0.282. The van der Waals surface area contributed by atoms with E-state index in [1.165, 1.54) is 12.1 Å². The smallest absolute Gasteiger partial charge is 0.169 e. The summed E-state index contributed by atoms with van der Waals surface area (Å²) in [5.74, 6) is 0.410. The van der Waals surface area contributed by atoms with Gasteiger partial charge >= 0.3 is 0 Å². The molecule has 2 aromatic rings. The Balaban J connectivity index is 2.62. The van der Waals surface area contributed by atoms with E-state index in [9.17, 15) is 4.39 Å². The molecule has 0 aliphatic rings. The number of nitrogens with zero attached hydrogens (tertiary/aromatic N) is 1. The first-order chi connectivity index (χ1) is 7.08. The van der Waals surface area contributed by atoms with Gasteiger partial charge in [-0.3, -0.25) is 0 Å². The molecule has 1 aromatic carbocycles. The zero-order valence-electron chi connectivity index (χ0n) is 7.92. The van der Waals surface area contributed by atoms with E-state index >= 15 is 0 Å². The van der Waals surface area contributed by atoms with Crippen LogP contribution in [0.1, 0.15) is 5.56 Å². The first kappa shape index (κ1) is 10.2. The SMILES string of the molecule is Cc1c(Br)cc(F)cc1-c1cc(N)no1. The fourth-order valence-corrected chi connectivity index (χ4v) is 1.75. The van der Waals surface area contributed by atoms with Gasteiger partial charge in [-0.2, -0.15) is 0 Å². The van der Waals surface area contributed by atoms with Gasteiger partial charge in [0, 0.05) is 16.1 Å². The summed E-state index contributed by atoms with van der Waals surface area (Å²) in [5.41, 5.74) is 6.96. The Labute approximate surface area is 94.2 Å². The highest BCUT2D eigenvalue weighted by Gasteiger charge is 2.11. The molecule has 0 amide bonds. The van der Waals surface area contributed by atoms with Crippen LogP contribution in [0.3, 0.4) is 0 Å². The second kappa shape index (κ2) is 3.66. The van der Waals surface area contributed by atoms with Gasteiger partial charge in [-0.15, -0.1) is 0 Å². The first-order valence-electron chi connectivity index (χ1n) is 4.26. The third-order valence-corrected chi connectivity index (χ3v) is 2.93. The van der Waals surface area contributed by atoms with Crippen LogP contribution in [0.2, 0.25) is 0 Å². The van der Waals surface area contributed by atoms with Gasteiger partial charge in [0.15, 0.2) is 11.6 Å². The van der Waals surface area contributed by atoms with Crippen LogP contribution in [-0.4, -0.2) is 5.16 Å². The highest BCUT2D eigenvalue weighted by Crippen LogP contribution is 2.30. The molecule has 0 saturated heterocycles. The van der Waals surface area contributed by atoms with Crippen molar-refractivity contribution in [3.8, 4) is 11.3 Å². The van der Waals surface area contributed by atoms with Gasteiger partial charge in [-0.05, 0) is 24.6 Å². The van der Waals surface area contributed by atoms with E-state index < -0.39 is 0 Å². The summed E-state index contributed by atoms with van der Waals surface area (Å²) in [6, 6.07) is 4.35. The highest BCUT2D eigenvalue weighted by molar-refractivity contribution is 9.10. The summed E-state index contributed by atoms with van der Waals surface area (Å²) in [5, 5.41) is 3.56. The number of anilines is 1. The monoisotopic (exact) mass is 270 g/mol. The van der Waals surface area contributed by atoms with Gasteiger partial charge in [-0.25, -0.2) is 4.39 Å². The fraction of sp³-hybridized carbons (Fsp3) is 0.100. The number of halogens is 2. The zero-order valence-corrected chi connectivity index (χ0v) is 9.51. The van der Waals surface area contributed by atoms with Crippen molar-refractivity contribution in [3.05, 3.63) is 34.1 Å². The number of hydrogen-bond donors (Lipinski definition) is 1. The van der Waals surface area contributed by atoms with E-state index in [0.29, 0.717) is 15.8 Å². The maximum Gasteiger partial charge on any atom is 0.169 e. The molecule has 3 nitrogen and oxygen atoms in total. The normalized spacial score (nSPS) is 10.6. The van der Waals surface area contributed by atoms with Crippen LogP contribution >= 0.6 is 15.9 Å². The summed E-state index contributed by atoms with van der Waals surface area (Å²) in [7, 11) is 0. The molecule has 1 heterocycles. The van der Waals surface area contributed by atoms with Crippen LogP contribution in [0.25, 0.3) is 11.3 Å².